The van der Waals surface area contributed by atoms with Gasteiger partial charge in [-0.15, -0.1) is 0 Å². The predicted molar refractivity (Wildman–Crippen MR) is 97.1 cm³/mol. The molecule has 1 N–H and O–H groups in total. The van der Waals surface area contributed by atoms with Crippen molar-refractivity contribution in [2.75, 3.05) is 18.4 Å². The Morgan fingerprint density at radius 1 is 1.04 bits per heavy atom. The molecule has 0 aliphatic carbocycles. The summed E-state index contributed by atoms with van der Waals surface area (Å²) in [5, 5.41) is 2.88. The van der Waals surface area contributed by atoms with Crippen LogP contribution in [0, 0.1) is 0 Å². The lowest BCUT2D eigenvalue weighted by Gasteiger charge is -2.21. The van der Waals surface area contributed by atoms with Gasteiger partial charge in [-0.3, -0.25) is 14.5 Å². The van der Waals surface area contributed by atoms with Gasteiger partial charge >= 0.3 is 0 Å². The monoisotopic (exact) mass is 324 g/mol. The minimum Gasteiger partial charge on any atom is -0.325 e. The zero-order chi connectivity index (χ0) is 17.4. The van der Waals surface area contributed by atoms with E-state index < -0.39 is 0 Å². The van der Waals surface area contributed by atoms with Crippen molar-refractivity contribution in [3.05, 3.63) is 65.7 Å². The average molecular weight is 324 g/mol. The Bertz CT molecular complexity index is 683. The minimum absolute atomic E-state index is 0.0113. The van der Waals surface area contributed by atoms with E-state index in [9.17, 15) is 9.59 Å². The van der Waals surface area contributed by atoms with E-state index in [0.29, 0.717) is 17.8 Å². The van der Waals surface area contributed by atoms with Crippen molar-refractivity contribution in [2.45, 2.75) is 26.8 Å². The summed E-state index contributed by atoms with van der Waals surface area (Å²) in [5.74, 6) is -0.0807. The Morgan fingerprint density at radius 2 is 1.79 bits per heavy atom. The number of nitrogens with one attached hydrogen (secondary N) is 1. The quantitative estimate of drug-likeness (QED) is 0.753. The number of hydrogen-bond acceptors (Lipinski definition) is 3. The molecule has 2 rings (SSSR count). The normalized spacial score (nSPS) is 10.6. The van der Waals surface area contributed by atoms with Crippen LogP contribution < -0.4 is 5.32 Å². The van der Waals surface area contributed by atoms with Gasteiger partial charge in [0.25, 0.3) is 0 Å². The molecule has 2 aromatic rings. The van der Waals surface area contributed by atoms with Crippen LogP contribution in [0.25, 0.3) is 0 Å². The molecule has 0 atom stereocenters. The van der Waals surface area contributed by atoms with E-state index in [-0.39, 0.29) is 11.7 Å². The Morgan fingerprint density at radius 3 is 2.46 bits per heavy atom. The van der Waals surface area contributed by atoms with Crippen molar-refractivity contribution >= 4 is 17.4 Å². The van der Waals surface area contributed by atoms with Crippen molar-refractivity contribution < 1.29 is 9.59 Å². The number of carbonyl (C=O) groups excluding carboxylic acids is 2. The topological polar surface area (TPSA) is 49.4 Å². The van der Waals surface area contributed by atoms with E-state index in [2.05, 4.69) is 29.3 Å². The second-order valence-corrected chi connectivity index (χ2v) is 5.88. The zero-order valence-electron chi connectivity index (χ0n) is 14.3. The number of anilines is 1. The second kappa shape index (κ2) is 8.99. The van der Waals surface area contributed by atoms with Crippen LogP contribution >= 0.6 is 0 Å². The number of rotatable bonds is 8. The highest BCUT2D eigenvalue weighted by molar-refractivity contribution is 5.97. The molecule has 1 amide bonds. The SMILES string of the molecule is CCCN(CC(=O)Nc1cccc(C(C)=O)c1)Cc1ccccc1. The third-order valence-corrected chi connectivity index (χ3v) is 3.71. The summed E-state index contributed by atoms with van der Waals surface area (Å²) in [4.78, 5) is 25.9. The molecule has 0 heterocycles. The van der Waals surface area contributed by atoms with Crippen LogP contribution in [-0.2, 0) is 11.3 Å². The summed E-state index contributed by atoms with van der Waals surface area (Å²) in [5.41, 5.74) is 2.45. The van der Waals surface area contributed by atoms with Gasteiger partial charge in [0.2, 0.25) is 5.91 Å². The van der Waals surface area contributed by atoms with Crippen molar-refractivity contribution in [1.82, 2.24) is 4.90 Å². The number of amides is 1. The van der Waals surface area contributed by atoms with Crippen molar-refractivity contribution in [1.29, 1.82) is 0 Å². The molecule has 0 aliphatic heterocycles. The summed E-state index contributed by atoms with van der Waals surface area (Å²) >= 11 is 0. The average Bonchev–Trinajstić information content (AvgIpc) is 2.56. The van der Waals surface area contributed by atoms with E-state index in [1.54, 1.807) is 24.3 Å². The van der Waals surface area contributed by atoms with E-state index in [1.165, 1.54) is 12.5 Å². The third kappa shape index (κ3) is 5.63. The molecule has 0 aliphatic rings. The molecule has 0 aromatic heterocycles. The molecule has 0 radical (unpaired) electrons. The van der Waals surface area contributed by atoms with Crippen LogP contribution in [0.3, 0.4) is 0 Å². The van der Waals surface area contributed by atoms with Gasteiger partial charge in [-0.1, -0.05) is 49.4 Å². The molecular formula is C20H24N2O2. The van der Waals surface area contributed by atoms with Gasteiger partial charge in [0, 0.05) is 17.8 Å². The van der Waals surface area contributed by atoms with Gasteiger partial charge in [-0.05, 0) is 37.6 Å². The van der Waals surface area contributed by atoms with Gasteiger partial charge in [0.05, 0.1) is 6.54 Å². The maximum absolute atomic E-state index is 12.3. The Labute approximate surface area is 143 Å². The number of carbonyl (C=O) groups is 2. The molecular weight excluding hydrogens is 300 g/mol. The first-order valence-electron chi connectivity index (χ1n) is 8.25. The number of Topliss-reactive ketones (excluding diaryl/α,β-unsaturated/α-hetero) is 1. The summed E-state index contributed by atoms with van der Waals surface area (Å²) in [6, 6.07) is 17.2. The fourth-order valence-electron chi connectivity index (χ4n) is 2.59. The van der Waals surface area contributed by atoms with E-state index in [0.717, 1.165) is 19.5 Å². The smallest absolute Gasteiger partial charge is 0.238 e. The second-order valence-electron chi connectivity index (χ2n) is 5.88. The molecule has 126 valence electrons. The highest BCUT2D eigenvalue weighted by atomic mass is 16.2. The van der Waals surface area contributed by atoms with E-state index in [1.807, 2.05) is 18.2 Å². The Balaban J connectivity index is 1.97. The lowest BCUT2D eigenvalue weighted by Crippen LogP contribution is -2.33. The molecule has 4 nitrogen and oxygen atoms in total. The molecule has 24 heavy (non-hydrogen) atoms. The molecule has 0 saturated carbocycles. The zero-order valence-corrected chi connectivity index (χ0v) is 14.3. The van der Waals surface area contributed by atoms with Gasteiger partial charge in [-0.2, -0.15) is 0 Å². The standard InChI is InChI=1S/C20H24N2O2/c1-3-12-22(14-17-8-5-4-6-9-17)15-20(24)21-19-11-7-10-18(13-19)16(2)23/h4-11,13H,3,12,14-15H2,1-2H3,(H,21,24). The van der Waals surface area contributed by atoms with Crippen molar-refractivity contribution in [2.24, 2.45) is 0 Å². The molecule has 2 aromatic carbocycles. The highest BCUT2D eigenvalue weighted by Crippen LogP contribution is 2.12. The lowest BCUT2D eigenvalue weighted by atomic mass is 10.1. The third-order valence-electron chi connectivity index (χ3n) is 3.71. The number of hydrogen-bond donors (Lipinski definition) is 1. The van der Waals surface area contributed by atoms with Crippen LogP contribution in [0.15, 0.2) is 54.6 Å². The summed E-state index contributed by atoms with van der Waals surface area (Å²) in [6.45, 7) is 5.55. The molecule has 0 bridgehead atoms. The lowest BCUT2D eigenvalue weighted by molar-refractivity contribution is -0.117. The van der Waals surface area contributed by atoms with E-state index in [4.69, 9.17) is 0 Å². The van der Waals surface area contributed by atoms with Crippen LogP contribution in [0.4, 0.5) is 5.69 Å². The van der Waals surface area contributed by atoms with E-state index >= 15 is 0 Å². The van der Waals surface area contributed by atoms with Crippen LogP contribution in [-0.4, -0.2) is 29.7 Å². The highest BCUT2D eigenvalue weighted by Gasteiger charge is 2.11. The van der Waals surface area contributed by atoms with Crippen molar-refractivity contribution in [3.63, 3.8) is 0 Å². The fourth-order valence-corrected chi connectivity index (χ4v) is 2.59. The van der Waals surface area contributed by atoms with Gasteiger partial charge in [0.15, 0.2) is 5.78 Å². The van der Waals surface area contributed by atoms with Crippen LogP contribution in [0.5, 0.6) is 0 Å². The largest absolute Gasteiger partial charge is 0.325 e. The fraction of sp³-hybridized carbons (Fsp3) is 0.300. The Kier molecular flexibility index (Phi) is 6.70. The number of ketones is 1. The number of benzene rings is 2. The first-order valence-corrected chi connectivity index (χ1v) is 8.25. The Hall–Kier alpha value is -2.46. The van der Waals surface area contributed by atoms with Crippen LogP contribution in [0.1, 0.15) is 36.2 Å². The predicted octanol–water partition coefficient (Wildman–Crippen LogP) is 3.74. The maximum Gasteiger partial charge on any atom is 0.238 e. The molecule has 0 spiro atoms. The van der Waals surface area contributed by atoms with Gasteiger partial charge in [-0.25, -0.2) is 0 Å². The van der Waals surface area contributed by atoms with Crippen molar-refractivity contribution in [3.8, 4) is 0 Å². The first kappa shape index (κ1) is 17.9. The van der Waals surface area contributed by atoms with Gasteiger partial charge in [0.1, 0.15) is 0 Å². The molecule has 0 fully saturated rings. The molecule has 0 unspecified atom stereocenters. The number of nitrogens with zero attached hydrogens (tertiary/aromatic N) is 1. The minimum atomic E-state index is -0.0694. The van der Waals surface area contributed by atoms with Gasteiger partial charge < -0.3 is 5.32 Å². The summed E-state index contributed by atoms with van der Waals surface area (Å²) < 4.78 is 0. The van der Waals surface area contributed by atoms with Crippen LogP contribution in [0.2, 0.25) is 0 Å². The summed E-state index contributed by atoms with van der Waals surface area (Å²) in [7, 11) is 0. The molecule has 0 saturated heterocycles. The maximum atomic E-state index is 12.3. The summed E-state index contributed by atoms with van der Waals surface area (Å²) in [6.07, 6.45) is 0.986. The molecule has 4 heteroatoms. The first-order chi connectivity index (χ1) is 11.6.